The number of carbonyl (C=O) groups is 1. The van der Waals surface area contributed by atoms with E-state index in [1.165, 1.54) is 0 Å². The van der Waals surface area contributed by atoms with Gasteiger partial charge >= 0.3 is 5.97 Å². The Balaban J connectivity index is 2.27. The van der Waals surface area contributed by atoms with Gasteiger partial charge in [-0.05, 0) is 25.0 Å². The first-order chi connectivity index (χ1) is 6.17. The average molecular weight is 180 g/mol. The summed E-state index contributed by atoms with van der Waals surface area (Å²) < 4.78 is 0. The molecular weight excluding hydrogens is 168 g/mol. The van der Waals surface area contributed by atoms with Gasteiger partial charge in [-0.2, -0.15) is 0 Å². The molecule has 1 aliphatic carbocycles. The normalized spacial score (nSPS) is 21.0. The van der Waals surface area contributed by atoms with Crippen molar-refractivity contribution in [2.24, 2.45) is 5.73 Å². The standard InChI is InChI=1S/C9H12N2O2/c10-7(8(12)13)9(3-4-9)6-2-1-5-11-6/h1-2,5,7,11H,3-4,10H2,(H,12,13). The van der Waals surface area contributed by atoms with Crippen LogP contribution >= 0.6 is 0 Å². The first-order valence-corrected chi connectivity index (χ1v) is 4.29. The molecule has 0 aliphatic heterocycles. The first-order valence-electron chi connectivity index (χ1n) is 4.29. The lowest BCUT2D eigenvalue weighted by Gasteiger charge is -2.17. The minimum Gasteiger partial charge on any atom is -0.480 e. The van der Waals surface area contributed by atoms with E-state index >= 15 is 0 Å². The maximum atomic E-state index is 10.7. The number of carboxylic acid groups (broad SMARTS) is 1. The van der Waals surface area contributed by atoms with Crippen molar-refractivity contribution in [3.05, 3.63) is 24.0 Å². The summed E-state index contributed by atoms with van der Waals surface area (Å²) in [5.41, 5.74) is 6.25. The van der Waals surface area contributed by atoms with Crippen LogP contribution in [0.5, 0.6) is 0 Å². The zero-order chi connectivity index (χ0) is 9.47. The fourth-order valence-electron chi connectivity index (χ4n) is 1.76. The van der Waals surface area contributed by atoms with Crippen molar-refractivity contribution in [3.8, 4) is 0 Å². The van der Waals surface area contributed by atoms with Crippen LogP contribution in [-0.2, 0) is 10.2 Å². The second kappa shape index (κ2) is 2.60. The Labute approximate surface area is 75.8 Å². The summed E-state index contributed by atoms with van der Waals surface area (Å²) in [6, 6.07) is 2.98. The van der Waals surface area contributed by atoms with Crippen LogP contribution in [0.4, 0.5) is 0 Å². The van der Waals surface area contributed by atoms with E-state index in [1.54, 1.807) is 6.20 Å². The van der Waals surface area contributed by atoms with E-state index < -0.39 is 12.0 Å². The van der Waals surface area contributed by atoms with E-state index in [4.69, 9.17) is 10.8 Å². The number of carboxylic acids is 1. The second-order valence-corrected chi connectivity index (χ2v) is 3.56. The minimum atomic E-state index is -0.924. The minimum absolute atomic E-state index is 0.324. The lowest BCUT2D eigenvalue weighted by atomic mass is 9.93. The van der Waals surface area contributed by atoms with Crippen molar-refractivity contribution >= 4 is 5.97 Å². The van der Waals surface area contributed by atoms with Crippen molar-refractivity contribution in [1.29, 1.82) is 0 Å². The van der Waals surface area contributed by atoms with Crippen molar-refractivity contribution in [3.63, 3.8) is 0 Å². The molecule has 1 aliphatic rings. The molecule has 1 unspecified atom stereocenters. The molecule has 0 radical (unpaired) electrons. The largest absolute Gasteiger partial charge is 0.480 e. The van der Waals surface area contributed by atoms with Crippen LogP contribution in [0, 0.1) is 0 Å². The van der Waals surface area contributed by atoms with Crippen LogP contribution in [0.25, 0.3) is 0 Å². The first kappa shape index (κ1) is 8.31. The third-order valence-corrected chi connectivity index (χ3v) is 2.78. The molecule has 1 heterocycles. The van der Waals surface area contributed by atoms with Gasteiger partial charge in [0.25, 0.3) is 0 Å². The van der Waals surface area contributed by atoms with Crippen molar-refractivity contribution in [1.82, 2.24) is 4.98 Å². The highest BCUT2D eigenvalue weighted by atomic mass is 16.4. The third kappa shape index (κ3) is 1.14. The average Bonchev–Trinajstić information content (AvgIpc) is 2.72. The number of nitrogens with two attached hydrogens (primary N) is 1. The molecule has 2 rings (SSSR count). The summed E-state index contributed by atoms with van der Waals surface area (Å²) >= 11 is 0. The number of aromatic nitrogens is 1. The van der Waals surface area contributed by atoms with Gasteiger partial charge in [-0.1, -0.05) is 0 Å². The zero-order valence-electron chi connectivity index (χ0n) is 7.16. The smallest absolute Gasteiger partial charge is 0.321 e. The number of hydrogen-bond acceptors (Lipinski definition) is 2. The summed E-state index contributed by atoms with van der Waals surface area (Å²) in [6.07, 6.45) is 3.52. The number of rotatable bonds is 3. The van der Waals surface area contributed by atoms with Gasteiger partial charge in [0.05, 0.1) is 0 Å². The molecule has 1 atom stereocenters. The predicted molar refractivity (Wildman–Crippen MR) is 47.3 cm³/mol. The fourth-order valence-corrected chi connectivity index (χ4v) is 1.76. The molecule has 4 N–H and O–H groups in total. The van der Waals surface area contributed by atoms with Gasteiger partial charge < -0.3 is 15.8 Å². The highest BCUT2D eigenvalue weighted by Gasteiger charge is 2.53. The third-order valence-electron chi connectivity index (χ3n) is 2.78. The van der Waals surface area contributed by atoms with E-state index in [9.17, 15) is 4.79 Å². The van der Waals surface area contributed by atoms with Gasteiger partial charge in [0.2, 0.25) is 0 Å². The monoisotopic (exact) mass is 180 g/mol. The Hall–Kier alpha value is -1.29. The summed E-state index contributed by atoms with van der Waals surface area (Å²) in [4.78, 5) is 13.8. The summed E-state index contributed by atoms with van der Waals surface area (Å²) in [5.74, 6) is -0.924. The maximum Gasteiger partial charge on any atom is 0.321 e. The molecule has 1 aromatic heterocycles. The van der Waals surface area contributed by atoms with Gasteiger partial charge in [0, 0.05) is 17.3 Å². The second-order valence-electron chi connectivity index (χ2n) is 3.56. The lowest BCUT2D eigenvalue weighted by molar-refractivity contribution is -0.139. The molecule has 1 fully saturated rings. The van der Waals surface area contributed by atoms with Crippen LogP contribution in [0.15, 0.2) is 18.3 Å². The van der Waals surface area contributed by atoms with E-state index in [0.717, 1.165) is 18.5 Å². The predicted octanol–water partition coefficient (Wildman–Crippen LogP) is 0.458. The Morgan fingerprint density at radius 3 is 2.77 bits per heavy atom. The van der Waals surface area contributed by atoms with E-state index in [1.807, 2.05) is 12.1 Å². The van der Waals surface area contributed by atoms with Crippen molar-refractivity contribution < 1.29 is 9.90 Å². The molecule has 4 heteroatoms. The maximum absolute atomic E-state index is 10.7. The van der Waals surface area contributed by atoms with Crippen LogP contribution < -0.4 is 5.73 Å². The van der Waals surface area contributed by atoms with Crippen molar-refractivity contribution in [2.75, 3.05) is 0 Å². The molecule has 13 heavy (non-hydrogen) atoms. The number of nitrogens with one attached hydrogen (secondary N) is 1. The van der Waals surface area contributed by atoms with E-state index in [2.05, 4.69) is 4.98 Å². The number of hydrogen-bond donors (Lipinski definition) is 3. The van der Waals surface area contributed by atoms with Crippen LogP contribution in [0.2, 0.25) is 0 Å². The molecule has 1 saturated carbocycles. The van der Waals surface area contributed by atoms with Crippen LogP contribution in [-0.4, -0.2) is 22.1 Å². The molecule has 1 aromatic rings. The number of aliphatic carboxylic acids is 1. The van der Waals surface area contributed by atoms with Gasteiger partial charge in [-0.15, -0.1) is 0 Å². The van der Waals surface area contributed by atoms with Gasteiger partial charge in [0.1, 0.15) is 6.04 Å². The SMILES string of the molecule is NC(C(=O)O)C1(c2ccc[nH]2)CC1. The van der Waals surface area contributed by atoms with Gasteiger partial charge in [0.15, 0.2) is 0 Å². The van der Waals surface area contributed by atoms with Crippen LogP contribution in [0.1, 0.15) is 18.5 Å². The lowest BCUT2D eigenvalue weighted by Crippen LogP contribution is -2.42. The Bertz CT molecular complexity index is 314. The number of aromatic amines is 1. The van der Waals surface area contributed by atoms with E-state index in [0.29, 0.717) is 0 Å². The van der Waals surface area contributed by atoms with Crippen LogP contribution in [0.3, 0.4) is 0 Å². The highest BCUT2D eigenvalue weighted by molar-refractivity contribution is 5.76. The quantitative estimate of drug-likeness (QED) is 0.632. The molecule has 0 amide bonds. The highest BCUT2D eigenvalue weighted by Crippen LogP contribution is 2.49. The number of H-pyrrole nitrogens is 1. The Morgan fingerprint density at radius 2 is 2.38 bits per heavy atom. The molecule has 4 nitrogen and oxygen atoms in total. The van der Waals surface area contributed by atoms with Crippen molar-refractivity contribution in [2.45, 2.75) is 24.3 Å². The Morgan fingerprint density at radius 1 is 1.69 bits per heavy atom. The molecule has 70 valence electrons. The molecule has 0 bridgehead atoms. The summed E-state index contributed by atoms with van der Waals surface area (Å²) in [7, 11) is 0. The van der Waals surface area contributed by atoms with E-state index in [-0.39, 0.29) is 5.41 Å². The topological polar surface area (TPSA) is 79.1 Å². The summed E-state index contributed by atoms with van der Waals surface area (Å²) in [5, 5.41) is 8.82. The zero-order valence-corrected chi connectivity index (χ0v) is 7.16. The fraction of sp³-hybridized carbons (Fsp3) is 0.444. The van der Waals surface area contributed by atoms with Gasteiger partial charge in [-0.25, -0.2) is 0 Å². The van der Waals surface area contributed by atoms with Gasteiger partial charge in [-0.3, -0.25) is 4.79 Å². The Kier molecular flexibility index (Phi) is 1.66. The summed E-state index contributed by atoms with van der Waals surface area (Å²) in [6.45, 7) is 0. The molecule has 0 saturated heterocycles. The molecule has 0 spiro atoms. The molecular formula is C9H12N2O2. The molecule has 0 aromatic carbocycles.